The summed E-state index contributed by atoms with van der Waals surface area (Å²) in [7, 11) is 3.23. The van der Waals surface area contributed by atoms with E-state index in [2.05, 4.69) is 15.9 Å². The van der Waals surface area contributed by atoms with Crippen LogP contribution in [0, 0.1) is 5.82 Å². The molecule has 1 rings (SSSR count). The van der Waals surface area contributed by atoms with E-state index in [0.717, 1.165) is 0 Å². The number of carbonyl (C=O) groups excluding carboxylic acids is 1. The summed E-state index contributed by atoms with van der Waals surface area (Å²) in [5.74, 6) is -0.626. The molecule has 1 aromatic rings. The number of hydrogen-bond donors (Lipinski definition) is 0. The molecule has 0 atom stereocenters. The molecule has 0 N–H and O–H groups in total. The van der Waals surface area contributed by atoms with Gasteiger partial charge in [-0.25, -0.2) is 4.39 Å². The highest BCUT2D eigenvalue weighted by atomic mass is 79.9. The van der Waals surface area contributed by atoms with Gasteiger partial charge in [0.25, 0.3) is 5.91 Å². The van der Waals surface area contributed by atoms with E-state index in [4.69, 9.17) is 4.74 Å². The molecule has 0 heterocycles. The molecule has 0 saturated heterocycles. The van der Waals surface area contributed by atoms with Crippen LogP contribution < -0.4 is 4.74 Å². The minimum absolute atomic E-state index is 0.0691. The maximum Gasteiger partial charge on any atom is 0.259 e. The van der Waals surface area contributed by atoms with Crippen molar-refractivity contribution >= 4 is 21.8 Å². The molecule has 1 aromatic carbocycles. The van der Waals surface area contributed by atoms with Crippen molar-refractivity contribution in [1.82, 2.24) is 4.90 Å². The zero-order valence-corrected chi connectivity index (χ0v) is 10.0. The van der Waals surface area contributed by atoms with E-state index in [-0.39, 0.29) is 18.3 Å². The smallest absolute Gasteiger partial charge is 0.259 e. The molecular weight excluding hydrogens is 265 g/mol. The number of likely N-dealkylation sites (N-methyl/N-ethyl adjacent to an activating group) is 1. The Labute approximate surface area is 96.0 Å². The first-order chi connectivity index (χ1) is 7.00. The van der Waals surface area contributed by atoms with Gasteiger partial charge in [0.05, 0.1) is 0 Å². The van der Waals surface area contributed by atoms with Crippen LogP contribution in [0.2, 0.25) is 0 Å². The highest BCUT2D eigenvalue weighted by molar-refractivity contribution is 9.10. The van der Waals surface area contributed by atoms with Gasteiger partial charge in [-0.15, -0.1) is 0 Å². The first kappa shape index (κ1) is 12.0. The second-order valence-electron chi connectivity index (χ2n) is 3.15. The predicted molar refractivity (Wildman–Crippen MR) is 58.3 cm³/mol. The molecule has 3 nitrogen and oxygen atoms in total. The van der Waals surface area contributed by atoms with Crippen LogP contribution in [0.3, 0.4) is 0 Å². The average Bonchev–Trinajstić information content (AvgIpc) is 2.18. The zero-order chi connectivity index (χ0) is 11.4. The van der Waals surface area contributed by atoms with Crippen molar-refractivity contribution < 1.29 is 13.9 Å². The summed E-state index contributed by atoms with van der Waals surface area (Å²) < 4.78 is 18.9. The van der Waals surface area contributed by atoms with Crippen molar-refractivity contribution in [2.75, 3.05) is 20.7 Å². The minimum Gasteiger partial charge on any atom is -0.481 e. The van der Waals surface area contributed by atoms with E-state index in [1.807, 2.05) is 0 Å². The average molecular weight is 276 g/mol. The van der Waals surface area contributed by atoms with E-state index in [1.54, 1.807) is 20.2 Å². The van der Waals surface area contributed by atoms with Gasteiger partial charge in [0.15, 0.2) is 18.2 Å². The van der Waals surface area contributed by atoms with Crippen molar-refractivity contribution in [3.63, 3.8) is 0 Å². The van der Waals surface area contributed by atoms with Crippen LogP contribution in [-0.2, 0) is 4.79 Å². The van der Waals surface area contributed by atoms with E-state index in [0.29, 0.717) is 4.47 Å². The Hall–Kier alpha value is -1.10. The van der Waals surface area contributed by atoms with Gasteiger partial charge in [-0.1, -0.05) is 15.9 Å². The van der Waals surface area contributed by atoms with Gasteiger partial charge in [-0.05, 0) is 18.2 Å². The van der Waals surface area contributed by atoms with Crippen molar-refractivity contribution in [3.8, 4) is 5.75 Å². The number of halogens is 2. The Kier molecular flexibility index (Phi) is 4.08. The molecule has 0 aromatic heterocycles. The fourth-order valence-electron chi connectivity index (χ4n) is 0.856. The van der Waals surface area contributed by atoms with Crippen LogP contribution in [0.15, 0.2) is 22.7 Å². The molecule has 0 radical (unpaired) electrons. The van der Waals surface area contributed by atoms with E-state index in [1.165, 1.54) is 17.0 Å². The molecule has 0 fully saturated rings. The Morgan fingerprint density at radius 2 is 2.20 bits per heavy atom. The lowest BCUT2D eigenvalue weighted by molar-refractivity contribution is -0.130. The minimum atomic E-state index is -0.482. The molecule has 0 unspecified atom stereocenters. The van der Waals surface area contributed by atoms with E-state index >= 15 is 0 Å². The number of amides is 1. The SMILES string of the molecule is CN(C)C(=O)COc1cc(Br)ccc1F. The molecule has 0 bridgehead atoms. The summed E-state index contributed by atoms with van der Waals surface area (Å²) in [5, 5.41) is 0. The molecule has 1 amide bonds. The van der Waals surface area contributed by atoms with Gasteiger partial charge in [0, 0.05) is 18.6 Å². The molecule has 0 aliphatic carbocycles. The molecule has 5 heteroatoms. The fourth-order valence-corrected chi connectivity index (χ4v) is 1.20. The zero-order valence-electron chi connectivity index (χ0n) is 8.46. The van der Waals surface area contributed by atoms with Gasteiger partial charge >= 0.3 is 0 Å². The normalized spacial score (nSPS) is 9.87. The van der Waals surface area contributed by atoms with E-state index in [9.17, 15) is 9.18 Å². The highest BCUT2D eigenvalue weighted by Gasteiger charge is 2.08. The number of ether oxygens (including phenoxy) is 1. The third-order valence-corrected chi connectivity index (χ3v) is 2.24. The monoisotopic (exact) mass is 275 g/mol. The van der Waals surface area contributed by atoms with Crippen LogP contribution in [0.4, 0.5) is 4.39 Å². The lowest BCUT2D eigenvalue weighted by Crippen LogP contribution is -2.27. The number of hydrogen-bond acceptors (Lipinski definition) is 2. The first-order valence-electron chi connectivity index (χ1n) is 4.28. The Balaban J connectivity index is 2.65. The lowest BCUT2D eigenvalue weighted by atomic mass is 10.3. The van der Waals surface area contributed by atoms with Crippen LogP contribution >= 0.6 is 15.9 Å². The second-order valence-corrected chi connectivity index (χ2v) is 4.07. The number of benzene rings is 1. The standard InChI is InChI=1S/C10H11BrFNO2/c1-13(2)10(14)6-15-9-5-7(11)3-4-8(9)12/h3-5H,6H2,1-2H3. The number of nitrogens with zero attached hydrogens (tertiary/aromatic N) is 1. The Bertz CT molecular complexity index is 368. The third-order valence-electron chi connectivity index (χ3n) is 1.74. The maximum absolute atomic E-state index is 13.2. The van der Waals surface area contributed by atoms with Crippen LogP contribution in [0.1, 0.15) is 0 Å². The quantitative estimate of drug-likeness (QED) is 0.845. The predicted octanol–water partition coefficient (Wildman–Crippen LogP) is 2.06. The molecule has 15 heavy (non-hydrogen) atoms. The molecular formula is C10H11BrFNO2. The van der Waals surface area contributed by atoms with Gasteiger partial charge in [-0.3, -0.25) is 4.79 Å². The van der Waals surface area contributed by atoms with Crippen molar-refractivity contribution in [3.05, 3.63) is 28.5 Å². The fraction of sp³-hybridized carbons (Fsp3) is 0.300. The molecule has 0 aliphatic heterocycles. The number of rotatable bonds is 3. The maximum atomic E-state index is 13.2. The Morgan fingerprint density at radius 1 is 1.53 bits per heavy atom. The summed E-state index contributed by atoms with van der Waals surface area (Å²) in [6.07, 6.45) is 0. The summed E-state index contributed by atoms with van der Waals surface area (Å²) in [5.41, 5.74) is 0. The molecule has 82 valence electrons. The third kappa shape index (κ3) is 3.51. The van der Waals surface area contributed by atoms with Gasteiger partial charge in [0.1, 0.15) is 0 Å². The number of carbonyl (C=O) groups is 1. The molecule has 0 aliphatic rings. The topological polar surface area (TPSA) is 29.5 Å². The van der Waals surface area contributed by atoms with Crippen molar-refractivity contribution in [2.24, 2.45) is 0 Å². The van der Waals surface area contributed by atoms with Gasteiger partial charge in [-0.2, -0.15) is 0 Å². The van der Waals surface area contributed by atoms with Crippen LogP contribution in [0.25, 0.3) is 0 Å². The first-order valence-corrected chi connectivity index (χ1v) is 5.08. The summed E-state index contributed by atoms with van der Waals surface area (Å²) in [6, 6.07) is 4.33. The Morgan fingerprint density at radius 3 is 2.80 bits per heavy atom. The van der Waals surface area contributed by atoms with Crippen LogP contribution in [-0.4, -0.2) is 31.5 Å². The second kappa shape index (κ2) is 5.11. The highest BCUT2D eigenvalue weighted by Crippen LogP contribution is 2.22. The van der Waals surface area contributed by atoms with Gasteiger partial charge in [0.2, 0.25) is 0 Å². The van der Waals surface area contributed by atoms with Gasteiger partial charge < -0.3 is 9.64 Å². The summed E-state index contributed by atoms with van der Waals surface area (Å²) in [6.45, 7) is -0.166. The van der Waals surface area contributed by atoms with Crippen LogP contribution in [0.5, 0.6) is 5.75 Å². The molecule has 0 saturated carbocycles. The summed E-state index contributed by atoms with van der Waals surface area (Å²) in [4.78, 5) is 12.6. The largest absolute Gasteiger partial charge is 0.481 e. The van der Waals surface area contributed by atoms with Crippen molar-refractivity contribution in [2.45, 2.75) is 0 Å². The lowest BCUT2D eigenvalue weighted by Gasteiger charge is -2.11. The van der Waals surface area contributed by atoms with Crippen molar-refractivity contribution in [1.29, 1.82) is 0 Å². The molecule has 0 spiro atoms. The van der Waals surface area contributed by atoms with E-state index < -0.39 is 5.82 Å². The summed E-state index contributed by atoms with van der Waals surface area (Å²) >= 11 is 3.19.